The molecule has 0 spiro atoms. The minimum Gasteiger partial charge on any atom is -0.296 e. The zero-order valence-electron chi connectivity index (χ0n) is 14.4. The van der Waals surface area contributed by atoms with Crippen molar-refractivity contribution in [3.05, 3.63) is 63.4 Å². The summed E-state index contributed by atoms with van der Waals surface area (Å²) in [5, 5.41) is 8.58. The smallest absolute Gasteiger partial charge is 0.277 e. The molecule has 0 atom stereocenters. The molecule has 2 heterocycles. The first-order valence-electron chi connectivity index (χ1n) is 8.28. The Hall–Kier alpha value is -2.94. The summed E-state index contributed by atoms with van der Waals surface area (Å²) in [5.41, 5.74) is 0.636. The minimum atomic E-state index is -0.968. The molecule has 1 amide bonds. The van der Waals surface area contributed by atoms with E-state index in [-0.39, 0.29) is 16.4 Å². The Morgan fingerprint density at radius 1 is 1.22 bits per heavy atom. The minimum absolute atomic E-state index is 0.0929. The van der Waals surface area contributed by atoms with E-state index in [1.165, 1.54) is 22.9 Å². The molecule has 0 fully saturated rings. The summed E-state index contributed by atoms with van der Waals surface area (Å²) in [6, 6.07) is 6.12. The fourth-order valence-corrected chi connectivity index (χ4v) is 3.03. The van der Waals surface area contributed by atoms with E-state index in [1.807, 2.05) is 6.92 Å². The van der Waals surface area contributed by atoms with Crippen LogP contribution >= 0.6 is 11.3 Å². The highest BCUT2D eigenvalue weighted by Gasteiger charge is 2.13. The Morgan fingerprint density at radius 2 is 2.04 bits per heavy atom. The maximum Gasteiger partial charge on any atom is 0.277 e. The molecule has 0 saturated heterocycles. The first-order valence-corrected chi connectivity index (χ1v) is 9.16. The van der Waals surface area contributed by atoms with Crippen molar-refractivity contribution in [1.82, 2.24) is 14.8 Å². The van der Waals surface area contributed by atoms with E-state index in [0.717, 1.165) is 36.3 Å². The molecule has 2 aromatic heterocycles. The van der Waals surface area contributed by atoms with Gasteiger partial charge in [-0.3, -0.25) is 14.9 Å². The lowest BCUT2D eigenvalue weighted by molar-refractivity contribution is 0.101. The first-order chi connectivity index (χ1) is 13.0. The van der Waals surface area contributed by atoms with E-state index < -0.39 is 17.5 Å². The highest BCUT2D eigenvalue weighted by molar-refractivity contribution is 7.14. The third-order valence-corrected chi connectivity index (χ3v) is 4.52. The molecule has 9 heteroatoms. The lowest BCUT2D eigenvalue weighted by Gasteiger charge is -2.06. The molecule has 3 aromatic rings. The third-order valence-electron chi connectivity index (χ3n) is 3.76. The number of halogens is 2. The number of carbonyl (C=O) groups is 1. The molecule has 140 valence electrons. The number of aryl methyl sites for hydroxylation is 1. The van der Waals surface area contributed by atoms with Crippen molar-refractivity contribution in [3.63, 3.8) is 0 Å². The maximum absolute atomic E-state index is 13.4. The summed E-state index contributed by atoms with van der Waals surface area (Å²) < 4.78 is 27.7. The highest BCUT2D eigenvalue weighted by Crippen LogP contribution is 2.26. The van der Waals surface area contributed by atoms with Crippen LogP contribution < -0.4 is 10.9 Å². The molecule has 6 nitrogen and oxygen atoms in total. The van der Waals surface area contributed by atoms with E-state index in [1.54, 1.807) is 5.38 Å². The molecular formula is C18H16F2N4O2S. The van der Waals surface area contributed by atoms with E-state index in [2.05, 4.69) is 15.4 Å². The second-order valence-electron chi connectivity index (χ2n) is 5.75. The predicted molar refractivity (Wildman–Crippen MR) is 98.8 cm³/mol. The summed E-state index contributed by atoms with van der Waals surface area (Å²) >= 11 is 1.14. The number of aromatic nitrogens is 3. The monoisotopic (exact) mass is 390 g/mol. The van der Waals surface area contributed by atoms with Crippen molar-refractivity contribution < 1.29 is 13.6 Å². The average molecular weight is 390 g/mol. The summed E-state index contributed by atoms with van der Waals surface area (Å²) in [6.45, 7) is 2.43. The topological polar surface area (TPSA) is 76.9 Å². The number of hydrogen-bond donors (Lipinski definition) is 1. The Morgan fingerprint density at radius 3 is 2.78 bits per heavy atom. The van der Waals surface area contributed by atoms with Crippen LogP contribution in [0.15, 0.2) is 40.5 Å². The Labute approximate surface area is 157 Å². The molecule has 27 heavy (non-hydrogen) atoms. The molecular weight excluding hydrogens is 374 g/mol. The standard InChI is InChI=1S/C18H16F2N4O2S/c1-2-3-8-24-16(25)7-6-14(23-24)17(26)22-18-21-15(10-27-18)11-4-5-12(19)13(20)9-11/h4-7,9-10H,2-3,8H2,1H3,(H,21,22,26). The van der Waals surface area contributed by atoms with Crippen LogP contribution in [0, 0.1) is 11.6 Å². The number of rotatable bonds is 6. The van der Waals surface area contributed by atoms with Gasteiger partial charge in [0.05, 0.1) is 5.69 Å². The average Bonchev–Trinajstić information content (AvgIpc) is 3.11. The number of carbonyl (C=O) groups excluding carboxylic acids is 1. The van der Waals surface area contributed by atoms with Gasteiger partial charge in [0.15, 0.2) is 16.8 Å². The Bertz CT molecular complexity index is 1030. The van der Waals surface area contributed by atoms with Crippen LogP contribution in [0.2, 0.25) is 0 Å². The zero-order valence-corrected chi connectivity index (χ0v) is 15.2. The normalized spacial score (nSPS) is 10.8. The van der Waals surface area contributed by atoms with Crippen molar-refractivity contribution in [2.24, 2.45) is 0 Å². The summed E-state index contributed by atoms with van der Waals surface area (Å²) in [5.74, 6) is -2.41. The molecule has 0 unspecified atom stereocenters. The fraction of sp³-hybridized carbons (Fsp3) is 0.222. The van der Waals surface area contributed by atoms with Crippen molar-refractivity contribution in [1.29, 1.82) is 0 Å². The lowest BCUT2D eigenvalue weighted by atomic mass is 10.2. The van der Waals surface area contributed by atoms with Crippen LogP contribution in [-0.2, 0) is 6.54 Å². The molecule has 3 rings (SSSR count). The number of nitrogens with one attached hydrogen (secondary N) is 1. The zero-order chi connectivity index (χ0) is 19.4. The second-order valence-corrected chi connectivity index (χ2v) is 6.61. The number of benzene rings is 1. The molecule has 0 aliphatic rings. The number of hydrogen-bond acceptors (Lipinski definition) is 5. The predicted octanol–water partition coefficient (Wildman–Crippen LogP) is 3.70. The van der Waals surface area contributed by atoms with Crippen LogP contribution in [0.5, 0.6) is 0 Å². The molecule has 1 aromatic carbocycles. The van der Waals surface area contributed by atoms with Gasteiger partial charge in [0, 0.05) is 23.6 Å². The first kappa shape index (κ1) is 18.8. The van der Waals surface area contributed by atoms with Gasteiger partial charge in [-0.1, -0.05) is 13.3 Å². The van der Waals surface area contributed by atoms with Crippen LogP contribution in [0.3, 0.4) is 0 Å². The largest absolute Gasteiger partial charge is 0.296 e. The van der Waals surface area contributed by atoms with Gasteiger partial charge < -0.3 is 0 Å². The molecule has 0 bridgehead atoms. The third kappa shape index (κ3) is 4.43. The quantitative estimate of drug-likeness (QED) is 0.696. The van der Waals surface area contributed by atoms with E-state index >= 15 is 0 Å². The van der Waals surface area contributed by atoms with Gasteiger partial charge >= 0.3 is 0 Å². The molecule has 1 N–H and O–H groups in total. The molecule has 0 saturated carbocycles. The number of amides is 1. The van der Waals surface area contributed by atoms with Gasteiger partial charge in [-0.05, 0) is 30.7 Å². The van der Waals surface area contributed by atoms with Crippen LogP contribution in [0.1, 0.15) is 30.3 Å². The van der Waals surface area contributed by atoms with Crippen molar-refractivity contribution in [3.8, 4) is 11.3 Å². The van der Waals surface area contributed by atoms with E-state index in [4.69, 9.17) is 0 Å². The Balaban J connectivity index is 1.76. The van der Waals surface area contributed by atoms with Gasteiger partial charge in [0.2, 0.25) is 0 Å². The van der Waals surface area contributed by atoms with Crippen molar-refractivity contribution >= 4 is 22.4 Å². The van der Waals surface area contributed by atoms with Gasteiger partial charge in [-0.2, -0.15) is 5.10 Å². The Kier molecular flexibility index (Phi) is 5.70. The maximum atomic E-state index is 13.4. The van der Waals surface area contributed by atoms with Crippen molar-refractivity contribution in [2.75, 3.05) is 5.32 Å². The summed E-state index contributed by atoms with van der Waals surface area (Å²) in [6.07, 6.45) is 1.68. The van der Waals surface area contributed by atoms with Crippen molar-refractivity contribution in [2.45, 2.75) is 26.3 Å². The SMILES string of the molecule is CCCCn1nc(C(=O)Nc2nc(-c3ccc(F)c(F)c3)cs2)ccc1=O. The number of anilines is 1. The van der Waals surface area contributed by atoms with Crippen LogP contribution in [0.4, 0.5) is 13.9 Å². The van der Waals surface area contributed by atoms with Gasteiger partial charge in [0.25, 0.3) is 11.5 Å². The highest BCUT2D eigenvalue weighted by atomic mass is 32.1. The van der Waals surface area contributed by atoms with Gasteiger partial charge in [0.1, 0.15) is 5.69 Å². The number of thiazole rings is 1. The van der Waals surface area contributed by atoms with E-state index in [0.29, 0.717) is 17.8 Å². The number of nitrogens with zero attached hydrogens (tertiary/aromatic N) is 3. The van der Waals surface area contributed by atoms with E-state index in [9.17, 15) is 18.4 Å². The summed E-state index contributed by atoms with van der Waals surface area (Å²) in [4.78, 5) is 28.3. The van der Waals surface area contributed by atoms with Gasteiger partial charge in [-0.15, -0.1) is 11.3 Å². The van der Waals surface area contributed by atoms with Gasteiger partial charge in [-0.25, -0.2) is 18.4 Å². The fourth-order valence-electron chi connectivity index (χ4n) is 2.32. The molecule has 0 radical (unpaired) electrons. The summed E-state index contributed by atoms with van der Waals surface area (Å²) in [7, 11) is 0. The van der Waals surface area contributed by atoms with Crippen LogP contribution in [-0.4, -0.2) is 20.7 Å². The second kappa shape index (κ2) is 8.17. The van der Waals surface area contributed by atoms with Crippen LogP contribution in [0.25, 0.3) is 11.3 Å². The number of unbranched alkanes of at least 4 members (excludes halogenated alkanes) is 1. The molecule has 0 aliphatic carbocycles. The molecule has 0 aliphatic heterocycles. The lowest BCUT2D eigenvalue weighted by Crippen LogP contribution is -2.26.